The smallest absolute Gasteiger partial charge is 0.322 e. The number of halogens is 2. The van der Waals surface area contributed by atoms with Crippen LogP contribution in [-0.4, -0.2) is 40.5 Å². The Kier molecular flexibility index (Phi) is 3.69. The summed E-state index contributed by atoms with van der Waals surface area (Å²) in [4.78, 5) is 12.1. The van der Waals surface area contributed by atoms with E-state index in [0.29, 0.717) is 5.00 Å². The molecule has 1 aromatic heterocycles. The van der Waals surface area contributed by atoms with Gasteiger partial charge >= 0.3 is 6.03 Å². The van der Waals surface area contributed by atoms with Gasteiger partial charge < -0.3 is 4.90 Å². The van der Waals surface area contributed by atoms with E-state index in [4.69, 9.17) is 0 Å². The molecule has 0 aliphatic heterocycles. The van der Waals surface area contributed by atoms with Crippen molar-refractivity contribution in [3.8, 4) is 0 Å². The van der Waals surface area contributed by atoms with Crippen molar-refractivity contribution in [1.29, 1.82) is 0 Å². The quantitative estimate of drug-likeness (QED) is 0.837. The zero-order valence-corrected chi connectivity index (χ0v) is 8.09. The van der Waals surface area contributed by atoms with Gasteiger partial charge in [-0.25, -0.2) is 13.6 Å². The molecule has 5 nitrogen and oxygen atoms in total. The Balaban J connectivity index is 2.42. The number of nitrogens with zero attached hydrogens (tertiary/aromatic N) is 3. The molecule has 1 rings (SSSR count). The van der Waals surface area contributed by atoms with Gasteiger partial charge in [0.05, 0.1) is 12.7 Å². The number of amides is 2. The Hall–Kier alpha value is -1.31. The average Bonchev–Trinajstić information content (AvgIpc) is 2.55. The molecular weight excluding hydrogens is 214 g/mol. The van der Waals surface area contributed by atoms with Crippen LogP contribution in [0.15, 0.2) is 6.20 Å². The fourth-order valence-electron chi connectivity index (χ4n) is 0.713. The molecule has 0 radical (unpaired) electrons. The summed E-state index contributed by atoms with van der Waals surface area (Å²) in [6, 6.07) is -0.601. The van der Waals surface area contributed by atoms with Gasteiger partial charge in [0.1, 0.15) is 5.00 Å². The standard InChI is InChI=1S/C6H8F2N4OS/c1-12(3-4(7)8)6(13)10-5-2-9-11-14-5/h2,4H,3H2,1H3,(H,10,13). The molecule has 78 valence electrons. The predicted octanol–water partition coefficient (Wildman–Crippen LogP) is 1.27. The molecule has 14 heavy (non-hydrogen) atoms. The monoisotopic (exact) mass is 222 g/mol. The summed E-state index contributed by atoms with van der Waals surface area (Å²) < 4.78 is 27.3. The molecule has 1 N–H and O–H groups in total. The number of carbonyl (C=O) groups excluding carboxylic acids is 1. The first kappa shape index (κ1) is 10.8. The molecule has 0 aliphatic carbocycles. The van der Waals surface area contributed by atoms with Crippen molar-refractivity contribution in [2.75, 3.05) is 18.9 Å². The summed E-state index contributed by atoms with van der Waals surface area (Å²) >= 11 is 0.980. The number of nitrogens with one attached hydrogen (secondary N) is 1. The topological polar surface area (TPSA) is 58.1 Å². The highest BCUT2D eigenvalue weighted by Crippen LogP contribution is 2.10. The first-order valence-electron chi connectivity index (χ1n) is 3.67. The Morgan fingerprint density at radius 3 is 3.00 bits per heavy atom. The first-order valence-corrected chi connectivity index (χ1v) is 4.44. The molecule has 0 bridgehead atoms. The van der Waals surface area contributed by atoms with Gasteiger partial charge in [0.25, 0.3) is 6.43 Å². The summed E-state index contributed by atoms with van der Waals surface area (Å²) in [5.74, 6) is 0. The third kappa shape index (κ3) is 3.21. The maximum atomic E-state index is 11.9. The maximum absolute atomic E-state index is 11.9. The largest absolute Gasteiger partial charge is 0.322 e. The lowest BCUT2D eigenvalue weighted by Gasteiger charge is -2.15. The van der Waals surface area contributed by atoms with Gasteiger partial charge in [-0.1, -0.05) is 4.49 Å². The molecule has 0 saturated carbocycles. The molecule has 8 heteroatoms. The number of carbonyl (C=O) groups is 1. The minimum absolute atomic E-state index is 0.427. The van der Waals surface area contributed by atoms with Gasteiger partial charge in [-0.3, -0.25) is 5.32 Å². The van der Waals surface area contributed by atoms with Crippen LogP contribution in [0.4, 0.5) is 18.6 Å². The molecule has 0 fully saturated rings. The summed E-state index contributed by atoms with van der Waals surface area (Å²) in [7, 11) is 1.29. The van der Waals surface area contributed by atoms with Crippen LogP contribution in [0, 0.1) is 0 Å². The highest BCUT2D eigenvalue weighted by Gasteiger charge is 2.14. The van der Waals surface area contributed by atoms with Gasteiger partial charge in [0, 0.05) is 18.6 Å². The molecule has 0 spiro atoms. The van der Waals surface area contributed by atoms with Crippen molar-refractivity contribution < 1.29 is 13.6 Å². The van der Waals surface area contributed by atoms with Crippen molar-refractivity contribution in [2.45, 2.75) is 6.43 Å². The normalized spacial score (nSPS) is 10.3. The van der Waals surface area contributed by atoms with Crippen molar-refractivity contribution in [3.05, 3.63) is 6.20 Å². The molecule has 0 atom stereocenters. The Bertz CT molecular complexity index is 292. The van der Waals surface area contributed by atoms with Crippen LogP contribution in [0.3, 0.4) is 0 Å². The zero-order chi connectivity index (χ0) is 10.6. The van der Waals surface area contributed by atoms with Crippen molar-refractivity contribution >= 4 is 22.6 Å². The van der Waals surface area contributed by atoms with Crippen LogP contribution in [0.2, 0.25) is 0 Å². The maximum Gasteiger partial charge on any atom is 0.322 e. The molecule has 2 amide bonds. The minimum Gasteiger partial charge on any atom is -0.322 e. The highest BCUT2D eigenvalue weighted by atomic mass is 32.1. The lowest BCUT2D eigenvalue weighted by Crippen LogP contribution is -2.34. The van der Waals surface area contributed by atoms with Crippen molar-refractivity contribution in [1.82, 2.24) is 14.5 Å². The minimum atomic E-state index is -2.54. The molecule has 0 aromatic carbocycles. The Morgan fingerprint density at radius 2 is 2.50 bits per heavy atom. The number of hydrogen-bond donors (Lipinski definition) is 1. The summed E-state index contributed by atoms with van der Waals surface area (Å²) in [6.45, 7) is -0.599. The van der Waals surface area contributed by atoms with Crippen molar-refractivity contribution in [2.24, 2.45) is 0 Å². The SMILES string of the molecule is CN(CC(F)F)C(=O)Nc1cnns1. The van der Waals surface area contributed by atoms with Crippen LogP contribution >= 0.6 is 11.5 Å². The molecule has 1 aromatic rings. The van der Waals surface area contributed by atoms with E-state index < -0.39 is 19.0 Å². The number of anilines is 1. The second-order valence-electron chi connectivity index (χ2n) is 2.48. The average molecular weight is 222 g/mol. The van der Waals surface area contributed by atoms with Gasteiger partial charge in [-0.05, 0) is 0 Å². The van der Waals surface area contributed by atoms with Gasteiger partial charge in [0.2, 0.25) is 0 Å². The van der Waals surface area contributed by atoms with E-state index in [1.165, 1.54) is 13.2 Å². The number of alkyl halides is 2. The fourth-order valence-corrected chi connectivity index (χ4v) is 1.12. The van der Waals surface area contributed by atoms with Crippen LogP contribution in [0.1, 0.15) is 0 Å². The van der Waals surface area contributed by atoms with Gasteiger partial charge in [0.15, 0.2) is 0 Å². The Labute approximate surface area is 82.9 Å². The highest BCUT2D eigenvalue weighted by molar-refractivity contribution is 7.10. The number of rotatable bonds is 3. The van der Waals surface area contributed by atoms with E-state index >= 15 is 0 Å². The van der Waals surface area contributed by atoms with Gasteiger partial charge in [-0.15, -0.1) is 5.10 Å². The Morgan fingerprint density at radius 1 is 1.79 bits per heavy atom. The first-order chi connectivity index (χ1) is 6.59. The summed E-state index contributed by atoms with van der Waals surface area (Å²) in [6.07, 6.45) is -1.19. The van der Waals surface area contributed by atoms with E-state index in [-0.39, 0.29) is 0 Å². The number of hydrogen-bond acceptors (Lipinski definition) is 4. The second-order valence-corrected chi connectivity index (χ2v) is 3.27. The van der Waals surface area contributed by atoms with E-state index in [1.54, 1.807) is 0 Å². The van der Waals surface area contributed by atoms with E-state index in [2.05, 4.69) is 14.9 Å². The van der Waals surface area contributed by atoms with Crippen LogP contribution in [0.5, 0.6) is 0 Å². The zero-order valence-electron chi connectivity index (χ0n) is 7.28. The van der Waals surface area contributed by atoms with E-state index in [1.807, 2.05) is 0 Å². The van der Waals surface area contributed by atoms with Crippen molar-refractivity contribution in [3.63, 3.8) is 0 Å². The fraction of sp³-hybridized carbons (Fsp3) is 0.500. The molecule has 0 aliphatic rings. The number of aromatic nitrogens is 2. The van der Waals surface area contributed by atoms with Gasteiger partial charge in [-0.2, -0.15) is 0 Å². The third-order valence-electron chi connectivity index (χ3n) is 1.35. The van der Waals surface area contributed by atoms with Crippen LogP contribution in [0.25, 0.3) is 0 Å². The molecule has 1 heterocycles. The van der Waals surface area contributed by atoms with E-state index in [0.717, 1.165) is 16.4 Å². The molecule has 0 saturated heterocycles. The number of urea groups is 1. The summed E-state index contributed by atoms with van der Waals surface area (Å²) in [5, 5.41) is 6.28. The van der Waals surface area contributed by atoms with Crippen LogP contribution < -0.4 is 5.32 Å². The third-order valence-corrected chi connectivity index (χ3v) is 1.93. The summed E-state index contributed by atoms with van der Waals surface area (Å²) in [5.41, 5.74) is 0. The molecular formula is C6H8F2N4OS. The van der Waals surface area contributed by atoms with E-state index in [9.17, 15) is 13.6 Å². The lowest BCUT2D eigenvalue weighted by atomic mass is 10.6. The second kappa shape index (κ2) is 4.80. The predicted molar refractivity (Wildman–Crippen MR) is 47.6 cm³/mol. The lowest BCUT2D eigenvalue weighted by molar-refractivity contribution is 0.111. The van der Waals surface area contributed by atoms with Crippen LogP contribution in [-0.2, 0) is 0 Å². The molecule has 0 unspecified atom stereocenters.